The van der Waals surface area contributed by atoms with Gasteiger partial charge in [0.15, 0.2) is 0 Å². The lowest BCUT2D eigenvalue weighted by molar-refractivity contribution is 0.442. The van der Waals surface area contributed by atoms with Crippen LogP contribution >= 0.6 is 22.6 Å². The molecule has 0 radical (unpaired) electrons. The van der Waals surface area contributed by atoms with Crippen LogP contribution < -0.4 is 10.2 Å². The molecule has 0 amide bonds. The summed E-state index contributed by atoms with van der Waals surface area (Å²) >= 11 is 2.24. The van der Waals surface area contributed by atoms with Crippen LogP contribution in [0.15, 0.2) is 24.4 Å². The number of anilines is 1. The molecule has 1 saturated heterocycles. The van der Waals surface area contributed by atoms with Crippen LogP contribution in [0.5, 0.6) is 0 Å². The molecular weight excluding hydrogens is 351 g/mol. The van der Waals surface area contributed by atoms with Crippen LogP contribution in [0.3, 0.4) is 0 Å². The smallest absolute Gasteiger partial charge is 0.102 e. The van der Waals surface area contributed by atoms with Crippen molar-refractivity contribution < 1.29 is 0 Å². The van der Waals surface area contributed by atoms with Crippen LogP contribution in [0.2, 0.25) is 0 Å². The summed E-state index contributed by atoms with van der Waals surface area (Å²) in [7, 11) is 2.05. The van der Waals surface area contributed by atoms with Crippen LogP contribution in [0, 0.1) is 3.70 Å². The molecule has 2 aromatic rings. The van der Waals surface area contributed by atoms with Gasteiger partial charge in [0.05, 0.1) is 22.9 Å². The first-order chi connectivity index (χ1) is 9.26. The summed E-state index contributed by atoms with van der Waals surface area (Å²) in [5.41, 5.74) is 3.14. The van der Waals surface area contributed by atoms with E-state index in [1.54, 1.807) is 0 Å². The van der Waals surface area contributed by atoms with Crippen molar-refractivity contribution in [3.63, 3.8) is 0 Å². The lowest BCUT2D eigenvalue weighted by atomic mass is 10.0. The third-order valence-electron chi connectivity index (χ3n) is 3.76. The molecule has 2 aromatic heterocycles. The third kappa shape index (κ3) is 2.81. The average molecular weight is 368 g/mol. The number of hydrogen-bond acceptors (Lipinski definition) is 4. The zero-order chi connectivity index (χ0) is 13.2. The van der Waals surface area contributed by atoms with Gasteiger partial charge in [0.1, 0.15) is 3.70 Å². The first-order valence-corrected chi connectivity index (χ1v) is 7.68. The molecule has 0 aliphatic carbocycles. The topological polar surface area (TPSA) is 41.0 Å². The van der Waals surface area contributed by atoms with Crippen LogP contribution in [0.25, 0.3) is 11.0 Å². The Kier molecular flexibility index (Phi) is 3.83. The van der Waals surface area contributed by atoms with Crippen molar-refractivity contribution >= 4 is 39.3 Å². The van der Waals surface area contributed by atoms with Crippen LogP contribution in [-0.4, -0.2) is 36.1 Å². The van der Waals surface area contributed by atoms with E-state index >= 15 is 0 Å². The minimum absolute atomic E-state index is 0.656. The summed E-state index contributed by atoms with van der Waals surface area (Å²) in [6.07, 6.45) is 4.35. The van der Waals surface area contributed by atoms with E-state index in [1.807, 2.05) is 25.4 Å². The predicted molar refractivity (Wildman–Crippen MR) is 86.5 cm³/mol. The standard InChI is InChI=1S/C14H17IN4/c1-16-10-4-6-19(7-5-10)11-8-13-12(17-9-11)2-3-14(15)18-13/h2-3,8-10,16H,4-7H2,1H3. The molecule has 1 fully saturated rings. The SMILES string of the molecule is CNC1CCN(c2cnc3ccc(I)nc3c2)CC1. The fraction of sp³-hybridized carbons (Fsp3) is 0.429. The molecule has 5 heteroatoms. The molecule has 0 saturated carbocycles. The largest absolute Gasteiger partial charge is 0.370 e. The summed E-state index contributed by atoms with van der Waals surface area (Å²) < 4.78 is 1.01. The van der Waals surface area contributed by atoms with Crippen molar-refractivity contribution in [2.24, 2.45) is 0 Å². The maximum atomic E-state index is 4.55. The number of rotatable bonds is 2. The maximum Gasteiger partial charge on any atom is 0.102 e. The van der Waals surface area contributed by atoms with Crippen molar-refractivity contribution in [1.29, 1.82) is 0 Å². The number of pyridine rings is 2. The molecule has 1 N–H and O–H groups in total. The van der Waals surface area contributed by atoms with E-state index in [1.165, 1.54) is 18.5 Å². The van der Waals surface area contributed by atoms with Gasteiger partial charge >= 0.3 is 0 Å². The van der Waals surface area contributed by atoms with E-state index in [9.17, 15) is 0 Å². The highest BCUT2D eigenvalue weighted by Crippen LogP contribution is 2.22. The Bertz CT molecular complexity index is 579. The highest BCUT2D eigenvalue weighted by molar-refractivity contribution is 14.1. The fourth-order valence-electron chi connectivity index (χ4n) is 2.57. The zero-order valence-corrected chi connectivity index (χ0v) is 13.1. The monoisotopic (exact) mass is 368 g/mol. The first-order valence-electron chi connectivity index (χ1n) is 6.61. The second-order valence-electron chi connectivity index (χ2n) is 4.92. The van der Waals surface area contributed by atoms with Crippen LogP contribution in [0.4, 0.5) is 5.69 Å². The predicted octanol–water partition coefficient (Wildman–Crippen LogP) is 2.42. The average Bonchev–Trinajstić information content (AvgIpc) is 2.46. The highest BCUT2D eigenvalue weighted by atomic mass is 127. The highest BCUT2D eigenvalue weighted by Gasteiger charge is 2.18. The van der Waals surface area contributed by atoms with Gasteiger partial charge in [-0.1, -0.05) is 0 Å². The number of fused-ring (bicyclic) bond motifs is 1. The molecule has 100 valence electrons. The summed E-state index contributed by atoms with van der Waals surface area (Å²) in [5.74, 6) is 0. The van der Waals surface area contributed by atoms with Crippen molar-refractivity contribution in [2.75, 3.05) is 25.0 Å². The number of nitrogens with zero attached hydrogens (tertiary/aromatic N) is 3. The minimum atomic E-state index is 0.656. The third-order valence-corrected chi connectivity index (χ3v) is 4.36. The molecule has 0 atom stereocenters. The number of aromatic nitrogens is 2. The van der Waals surface area contributed by atoms with Crippen LogP contribution in [0.1, 0.15) is 12.8 Å². The van der Waals surface area contributed by atoms with Crippen LogP contribution in [-0.2, 0) is 0 Å². The number of halogens is 1. The van der Waals surface area contributed by atoms with E-state index in [0.29, 0.717) is 6.04 Å². The molecule has 3 rings (SSSR count). The second-order valence-corrected chi connectivity index (χ2v) is 6.02. The Hall–Kier alpha value is -0.950. The minimum Gasteiger partial charge on any atom is -0.370 e. The molecular formula is C14H17IN4. The second kappa shape index (κ2) is 5.58. The Morgan fingerprint density at radius 1 is 1.26 bits per heavy atom. The van der Waals surface area contributed by atoms with Gasteiger partial charge in [0.2, 0.25) is 0 Å². The van der Waals surface area contributed by atoms with E-state index in [0.717, 1.165) is 27.8 Å². The van der Waals surface area contributed by atoms with Gasteiger partial charge in [-0.05, 0) is 60.7 Å². The molecule has 1 aliphatic heterocycles. The zero-order valence-electron chi connectivity index (χ0n) is 10.9. The Morgan fingerprint density at radius 2 is 2.05 bits per heavy atom. The van der Waals surface area contributed by atoms with Crippen molar-refractivity contribution in [3.05, 3.63) is 28.1 Å². The molecule has 0 spiro atoms. The molecule has 19 heavy (non-hydrogen) atoms. The van der Waals surface area contributed by atoms with Crippen molar-refractivity contribution in [2.45, 2.75) is 18.9 Å². The van der Waals surface area contributed by atoms with Gasteiger partial charge in [0, 0.05) is 19.1 Å². The van der Waals surface area contributed by atoms with E-state index in [-0.39, 0.29) is 0 Å². The Balaban J connectivity index is 1.85. The van der Waals surface area contributed by atoms with E-state index in [4.69, 9.17) is 0 Å². The van der Waals surface area contributed by atoms with Crippen molar-refractivity contribution in [1.82, 2.24) is 15.3 Å². The molecule has 0 bridgehead atoms. The van der Waals surface area contributed by atoms with E-state index < -0.39 is 0 Å². The first kappa shape index (κ1) is 13.1. The molecule has 4 nitrogen and oxygen atoms in total. The quantitative estimate of drug-likeness (QED) is 0.653. The van der Waals surface area contributed by atoms with Crippen molar-refractivity contribution in [3.8, 4) is 0 Å². The Morgan fingerprint density at radius 3 is 2.79 bits per heavy atom. The fourth-order valence-corrected chi connectivity index (χ4v) is 3.01. The van der Waals surface area contributed by atoms with Gasteiger partial charge in [0.25, 0.3) is 0 Å². The Labute approximate surface area is 126 Å². The van der Waals surface area contributed by atoms with Gasteiger partial charge in [-0.2, -0.15) is 0 Å². The summed E-state index contributed by atoms with van der Waals surface area (Å²) in [6, 6.07) is 6.84. The summed E-state index contributed by atoms with van der Waals surface area (Å²) in [6.45, 7) is 2.17. The van der Waals surface area contributed by atoms with E-state index in [2.05, 4.69) is 48.8 Å². The normalized spacial score (nSPS) is 17.1. The van der Waals surface area contributed by atoms with Gasteiger partial charge in [-0.25, -0.2) is 4.98 Å². The van der Waals surface area contributed by atoms with Gasteiger partial charge < -0.3 is 10.2 Å². The molecule has 3 heterocycles. The lowest BCUT2D eigenvalue weighted by Gasteiger charge is -2.33. The van der Waals surface area contributed by atoms with Gasteiger partial charge in [-0.3, -0.25) is 4.98 Å². The lowest BCUT2D eigenvalue weighted by Crippen LogP contribution is -2.41. The number of piperidine rings is 1. The van der Waals surface area contributed by atoms with Gasteiger partial charge in [-0.15, -0.1) is 0 Å². The molecule has 0 unspecified atom stereocenters. The number of nitrogens with one attached hydrogen (secondary N) is 1. The maximum absolute atomic E-state index is 4.55. The number of hydrogen-bond donors (Lipinski definition) is 1. The molecule has 1 aliphatic rings. The molecule has 0 aromatic carbocycles. The summed E-state index contributed by atoms with van der Waals surface area (Å²) in [5, 5.41) is 3.36. The summed E-state index contributed by atoms with van der Waals surface area (Å²) in [4.78, 5) is 11.5.